The first-order valence-corrected chi connectivity index (χ1v) is 3.49. The minimum absolute atomic E-state index is 0.0612. The van der Waals surface area contributed by atoms with Crippen LogP contribution in [0.5, 0.6) is 0 Å². The number of rotatable bonds is 5. The Balaban J connectivity index is 4.08. The number of carboxylic acids is 1. The van der Waals surface area contributed by atoms with Gasteiger partial charge in [-0.2, -0.15) is 0 Å². The van der Waals surface area contributed by atoms with Crippen molar-refractivity contribution in [1.29, 1.82) is 0 Å². The average Bonchev–Trinajstić information content (AvgIpc) is 1.98. The number of hydrogen-bond donors (Lipinski definition) is 2. The SMILES string of the molecule is CCC(C)C(N[C]=O)C(=O)O. The highest BCUT2D eigenvalue weighted by atomic mass is 16.4. The van der Waals surface area contributed by atoms with Gasteiger partial charge in [-0.25, -0.2) is 4.79 Å². The second-order valence-electron chi connectivity index (χ2n) is 2.45. The molecule has 0 fully saturated rings. The number of nitrogens with one attached hydrogen (secondary N) is 1. The van der Waals surface area contributed by atoms with E-state index in [1.54, 1.807) is 6.92 Å². The van der Waals surface area contributed by atoms with Gasteiger partial charge in [-0.05, 0) is 5.92 Å². The average molecular weight is 158 g/mol. The standard InChI is InChI=1S/C7H12NO3/c1-3-5(2)6(7(10)11)8-4-9/h5-6H,3H2,1-2H3,(H,8,9)(H,10,11). The van der Waals surface area contributed by atoms with E-state index in [0.29, 0.717) is 6.42 Å². The molecule has 11 heavy (non-hydrogen) atoms. The predicted molar refractivity (Wildman–Crippen MR) is 39.7 cm³/mol. The molecule has 63 valence electrons. The zero-order chi connectivity index (χ0) is 8.85. The summed E-state index contributed by atoms with van der Waals surface area (Å²) in [6.07, 6.45) is 2.10. The molecule has 0 aromatic carbocycles. The minimum Gasteiger partial charge on any atom is -0.480 e. The predicted octanol–water partition coefficient (Wildman–Crippen LogP) is 0.143. The first-order chi connectivity index (χ1) is 5.13. The molecule has 0 aliphatic heterocycles. The van der Waals surface area contributed by atoms with E-state index < -0.39 is 12.0 Å². The number of carbonyl (C=O) groups is 1. The van der Waals surface area contributed by atoms with Crippen LogP contribution >= 0.6 is 0 Å². The largest absolute Gasteiger partial charge is 0.480 e. The van der Waals surface area contributed by atoms with Crippen molar-refractivity contribution in [3.63, 3.8) is 0 Å². The normalized spacial score (nSPS) is 15.1. The fourth-order valence-corrected chi connectivity index (χ4v) is 0.747. The van der Waals surface area contributed by atoms with Gasteiger partial charge in [-0.15, -0.1) is 0 Å². The lowest BCUT2D eigenvalue weighted by molar-refractivity contribution is -0.140. The van der Waals surface area contributed by atoms with Crippen LogP contribution in [0.15, 0.2) is 0 Å². The summed E-state index contributed by atoms with van der Waals surface area (Å²) in [6.45, 7) is 3.64. The van der Waals surface area contributed by atoms with Crippen molar-refractivity contribution in [2.75, 3.05) is 0 Å². The van der Waals surface area contributed by atoms with Crippen LogP contribution in [0, 0.1) is 5.92 Å². The second-order valence-corrected chi connectivity index (χ2v) is 2.45. The molecule has 0 bridgehead atoms. The highest BCUT2D eigenvalue weighted by Gasteiger charge is 2.22. The maximum absolute atomic E-state index is 10.4. The lowest BCUT2D eigenvalue weighted by Gasteiger charge is -2.16. The van der Waals surface area contributed by atoms with Crippen LogP contribution in [0.4, 0.5) is 0 Å². The second kappa shape index (κ2) is 4.71. The monoisotopic (exact) mass is 158 g/mol. The van der Waals surface area contributed by atoms with Crippen LogP contribution in [-0.4, -0.2) is 23.5 Å². The van der Waals surface area contributed by atoms with Gasteiger partial charge < -0.3 is 10.4 Å². The molecule has 1 radical (unpaired) electrons. The molecular formula is C7H12NO3. The van der Waals surface area contributed by atoms with Gasteiger partial charge in [0.15, 0.2) is 0 Å². The van der Waals surface area contributed by atoms with E-state index in [1.165, 1.54) is 6.41 Å². The van der Waals surface area contributed by atoms with Gasteiger partial charge in [-0.1, -0.05) is 20.3 Å². The van der Waals surface area contributed by atoms with Crippen LogP contribution in [0.1, 0.15) is 20.3 Å². The molecule has 0 aromatic rings. The summed E-state index contributed by atoms with van der Waals surface area (Å²) in [6, 6.07) is -0.808. The first-order valence-electron chi connectivity index (χ1n) is 3.49. The van der Waals surface area contributed by atoms with Gasteiger partial charge >= 0.3 is 12.4 Å². The van der Waals surface area contributed by atoms with E-state index >= 15 is 0 Å². The van der Waals surface area contributed by atoms with Crippen molar-refractivity contribution in [2.45, 2.75) is 26.3 Å². The smallest absolute Gasteiger partial charge is 0.326 e. The molecule has 1 amide bonds. The molecule has 2 N–H and O–H groups in total. The van der Waals surface area contributed by atoms with Gasteiger partial charge in [0, 0.05) is 0 Å². The molecule has 4 heteroatoms. The molecule has 0 saturated carbocycles. The number of amides is 1. The van der Waals surface area contributed by atoms with Crippen molar-refractivity contribution < 1.29 is 14.7 Å². The third-order valence-electron chi connectivity index (χ3n) is 1.69. The molecule has 0 rings (SSSR count). The van der Waals surface area contributed by atoms with E-state index in [9.17, 15) is 9.59 Å². The molecule has 2 unspecified atom stereocenters. The maximum Gasteiger partial charge on any atom is 0.326 e. The lowest BCUT2D eigenvalue weighted by Crippen LogP contribution is -2.40. The molecular weight excluding hydrogens is 146 g/mol. The van der Waals surface area contributed by atoms with E-state index in [-0.39, 0.29) is 5.92 Å². The Kier molecular flexibility index (Phi) is 4.26. The Morgan fingerprint density at radius 3 is 2.55 bits per heavy atom. The highest BCUT2D eigenvalue weighted by molar-refractivity contribution is 5.76. The summed E-state index contributed by atoms with van der Waals surface area (Å²) < 4.78 is 0. The minimum atomic E-state index is -1.01. The highest BCUT2D eigenvalue weighted by Crippen LogP contribution is 2.06. The summed E-state index contributed by atoms with van der Waals surface area (Å²) in [4.78, 5) is 20.3. The van der Waals surface area contributed by atoms with Crippen LogP contribution in [0.3, 0.4) is 0 Å². The van der Waals surface area contributed by atoms with Gasteiger partial charge in [-0.3, -0.25) is 4.79 Å². The van der Waals surface area contributed by atoms with Crippen LogP contribution in [0.2, 0.25) is 0 Å². The summed E-state index contributed by atoms with van der Waals surface area (Å²) in [7, 11) is 0. The van der Waals surface area contributed by atoms with Crippen LogP contribution in [0.25, 0.3) is 0 Å². The Labute approximate surface area is 65.6 Å². The number of aliphatic carboxylic acids is 1. The Bertz CT molecular complexity index is 147. The van der Waals surface area contributed by atoms with E-state index in [1.807, 2.05) is 6.92 Å². The number of carbonyl (C=O) groups excluding carboxylic acids is 1. The molecule has 0 aliphatic carbocycles. The van der Waals surface area contributed by atoms with Crippen molar-refractivity contribution in [3.05, 3.63) is 0 Å². The van der Waals surface area contributed by atoms with Crippen LogP contribution < -0.4 is 5.32 Å². The quantitative estimate of drug-likeness (QED) is 0.559. The number of carboxylic acid groups (broad SMARTS) is 1. The van der Waals surface area contributed by atoms with E-state index in [0.717, 1.165) is 0 Å². The van der Waals surface area contributed by atoms with Crippen molar-refractivity contribution in [3.8, 4) is 0 Å². The fraction of sp³-hybridized carbons (Fsp3) is 0.714. The third-order valence-corrected chi connectivity index (χ3v) is 1.69. The van der Waals surface area contributed by atoms with Crippen molar-refractivity contribution in [1.82, 2.24) is 5.32 Å². The Morgan fingerprint density at radius 1 is 1.73 bits per heavy atom. The first kappa shape index (κ1) is 9.94. The molecule has 4 nitrogen and oxygen atoms in total. The summed E-state index contributed by atoms with van der Waals surface area (Å²) in [5.41, 5.74) is 0. The van der Waals surface area contributed by atoms with Crippen molar-refractivity contribution >= 4 is 12.4 Å². The van der Waals surface area contributed by atoms with Crippen molar-refractivity contribution in [2.24, 2.45) is 5.92 Å². The lowest BCUT2D eigenvalue weighted by atomic mass is 10.00. The fourth-order valence-electron chi connectivity index (χ4n) is 0.747. The number of hydrogen-bond acceptors (Lipinski definition) is 2. The molecule has 0 spiro atoms. The van der Waals surface area contributed by atoms with Gasteiger partial charge in [0.25, 0.3) is 0 Å². The zero-order valence-electron chi connectivity index (χ0n) is 6.63. The zero-order valence-corrected chi connectivity index (χ0v) is 6.63. The summed E-state index contributed by atoms with van der Waals surface area (Å²) >= 11 is 0. The Morgan fingerprint density at radius 2 is 2.27 bits per heavy atom. The van der Waals surface area contributed by atoms with Crippen LogP contribution in [-0.2, 0) is 9.59 Å². The maximum atomic E-state index is 10.4. The summed E-state index contributed by atoms with van der Waals surface area (Å²) in [5, 5.41) is 10.7. The Hall–Kier alpha value is -1.06. The molecule has 0 heterocycles. The molecule has 2 atom stereocenters. The molecule has 0 saturated heterocycles. The molecule has 0 aromatic heterocycles. The topological polar surface area (TPSA) is 66.4 Å². The van der Waals surface area contributed by atoms with E-state index in [2.05, 4.69) is 5.32 Å². The molecule has 0 aliphatic rings. The van der Waals surface area contributed by atoms with E-state index in [4.69, 9.17) is 5.11 Å². The third kappa shape index (κ3) is 3.02. The van der Waals surface area contributed by atoms with Gasteiger partial charge in [0.05, 0.1) is 0 Å². The summed E-state index contributed by atoms with van der Waals surface area (Å²) in [5.74, 6) is -1.07. The van der Waals surface area contributed by atoms with Gasteiger partial charge in [0.2, 0.25) is 0 Å². The van der Waals surface area contributed by atoms with Gasteiger partial charge in [0.1, 0.15) is 6.04 Å².